The van der Waals surface area contributed by atoms with Crippen molar-refractivity contribution in [1.82, 2.24) is 4.31 Å². The van der Waals surface area contributed by atoms with Gasteiger partial charge in [-0.15, -0.1) is 0 Å². The fourth-order valence-electron chi connectivity index (χ4n) is 3.42. The van der Waals surface area contributed by atoms with Crippen molar-refractivity contribution >= 4 is 21.4 Å². The van der Waals surface area contributed by atoms with Gasteiger partial charge in [0.1, 0.15) is 0 Å². The van der Waals surface area contributed by atoms with Crippen LogP contribution >= 0.6 is 11.3 Å². The molecular formula is C20H19NO2S2. The maximum absolute atomic E-state index is 13.3. The molecule has 1 aliphatic rings. The van der Waals surface area contributed by atoms with E-state index < -0.39 is 10.0 Å². The summed E-state index contributed by atoms with van der Waals surface area (Å²) in [5.41, 5.74) is 4.40. The number of fused-ring (bicyclic) bond motifs is 1. The van der Waals surface area contributed by atoms with Crippen molar-refractivity contribution < 1.29 is 8.42 Å². The van der Waals surface area contributed by atoms with Crippen molar-refractivity contribution in [2.24, 2.45) is 0 Å². The van der Waals surface area contributed by atoms with E-state index in [4.69, 9.17) is 0 Å². The number of hydrogen-bond acceptors (Lipinski definition) is 3. The van der Waals surface area contributed by atoms with E-state index in [0.717, 1.165) is 23.1 Å². The van der Waals surface area contributed by atoms with Gasteiger partial charge in [-0.1, -0.05) is 42.0 Å². The highest BCUT2D eigenvalue weighted by Gasteiger charge is 2.37. The summed E-state index contributed by atoms with van der Waals surface area (Å²) < 4.78 is 28.3. The second-order valence-electron chi connectivity index (χ2n) is 6.34. The summed E-state index contributed by atoms with van der Waals surface area (Å²) in [6.07, 6.45) is 0.738. The molecule has 1 atom stereocenters. The number of rotatable bonds is 3. The van der Waals surface area contributed by atoms with Crippen LogP contribution in [0.1, 0.15) is 28.3 Å². The monoisotopic (exact) mass is 369 g/mol. The van der Waals surface area contributed by atoms with E-state index in [1.54, 1.807) is 27.8 Å². The van der Waals surface area contributed by atoms with Crippen LogP contribution in [-0.4, -0.2) is 19.3 Å². The van der Waals surface area contributed by atoms with Gasteiger partial charge in [-0.3, -0.25) is 0 Å². The zero-order valence-corrected chi connectivity index (χ0v) is 15.6. The van der Waals surface area contributed by atoms with Gasteiger partial charge in [0.05, 0.1) is 10.9 Å². The number of benzene rings is 2. The standard InChI is InChI=1S/C20H19NO2S2/c1-15-6-8-18(9-7-15)25(22,23)21-12-10-16-4-2-3-5-19(16)20(21)17-11-13-24-14-17/h2-9,11,13-14,20H,10,12H2,1H3. The van der Waals surface area contributed by atoms with E-state index in [1.165, 1.54) is 5.56 Å². The third kappa shape index (κ3) is 2.92. The second-order valence-corrected chi connectivity index (χ2v) is 9.01. The molecule has 2 heterocycles. The Morgan fingerprint density at radius 1 is 1.04 bits per heavy atom. The molecule has 3 nitrogen and oxygen atoms in total. The lowest BCUT2D eigenvalue weighted by atomic mass is 9.91. The Morgan fingerprint density at radius 3 is 2.52 bits per heavy atom. The van der Waals surface area contributed by atoms with Crippen molar-refractivity contribution in [2.75, 3.05) is 6.54 Å². The van der Waals surface area contributed by atoms with Crippen LogP contribution in [0.25, 0.3) is 0 Å². The zero-order valence-electron chi connectivity index (χ0n) is 13.9. The highest BCUT2D eigenvalue weighted by atomic mass is 32.2. The average molecular weight is 370 g/mol. The SMILES string of the molecule is Cc1ccc(S(=O)(=O)N2CCc3ccccc3C2c2ccsc2)cc1. The molecule has 1 aliphatic heterocycles. The van der Waals surface area contributed by atoms with E-state index in [0.29, 0.717) is 11.4 Å². The summed E-state index contributed by atoms with van der Waals surface area (Å²) in [6.45, 7) is 2.45. The lowest BCUT2D eigenvalue weighted by molar-refractivity contribution is 0.344. The van der Waals surface area contributed by atoms with Crippen molar-refractivity contribution in [3.63, 3.8) is 0 Å². The molecule has 25 heavy (non-hydrogen) atoms. The molecule has 128 valence electrons. The van der Waals surface area contributed by atoms with E-state index in [9.17, 15) is 8.42 Å². The third-order valence-electron chi connectivity index (χ3n) is 4.73. The summed E-state index contributed by atoms with van der Waals surface area (Å²) in [5, 5.41) is 4.05. The first-order valence-corrected chi connectivity index (χ1v) is 10.6. The number of nitrogens with zero attached hydrogens (tertiary/aromatic N) is 1. The Bertz CT molecular complexity index is 977. The fraction of sp³-hybridized carbons (Fsp3) is 0.200. The minimum Gasteiger partial charge on any atom is -0.207 e. The van der Waals surface area contributed by atoms with Crippen molar-refractivity contribution in [2.45, 2.75) is 24.3 Å². The summed E-state index contributed by atoms with van der Waals surface area (Å²) in [4.78, 5) is 0.359. The molecule has 5 heteroatoms. The smallest absolute Gasteiger partial charge is 0.207 e. The molecule has 0 spiro atoms. The highest BCUT2D eigenvalue weighted by molar-refractivity contribution is 7.89. The molecule has 0 amide bonds. The lowest BCUT2D eigenvalue weighted by Crippen LogP contribution is -2.40. The van der Waals surface area contributed by atoms with Gasteiger partial charge < -0.3 is 0 Å². The van der Waals surface area contributed by atoms with Gasteiger partial charge in [-0.2, -0.15) is 15.6 Å². The van der Waals surface area contributed by atoms with Crippen LogP contribution in [0, 0.1) is 6.92 Å². The van der Waals surface area contributed by atoms with Gasteiger partial charge >= 0.3 is 0 Å². The Balaban J connectivity index is 1.84. The van der Waals surface area contributed by atoms with E-state index in [-0.39, 0.29) is 6.04 Å². The molecular weight excluding hydrogens is 350 g/mol. The molecule has 2 aromatic carbocycles. The predicted octanol–water partition coefficient (Wildman–Crippen LogP) is 4.39. The first-order valence-electron chi connectivity index (χ1n) is 8.26. The second kappa shape index (κ2) is 6.41. The predicted molar refractivity (Wildman–Crippen MR) is 101 cm³/mol. The normalized spacial score (nSPS) is 18.0. The molecule has 3 aromatic rings. The maximum atomic E-state index is 13.3. The van der Waals surface area contributed by atoms with Crippen LogP contribution in [0.2, 0.25) is 0 Å². The third-order valence-corrected chi connectivity index (χ3v) is 7.31. The Kier molecular flexibility index (Phi) is 4.23. The molecule has 1 aromatic heterocycles. The summed E-state index contributed by atoms with van der Waals surface area (Å²) in [6, 6.07) is 17.0. The molecule has 0 fully saturated rings. The van der Waals surface area contributed by atoms with Gasteiger partial charge in [-0.05, 0) is 59.0 Å². The first-order chi connectivity index (χ1) is 12.1. The Morgan fingerprint density at radius 2 is 1.80 bits per heavy atom. The molecule has 0 N–H and O–H groups in total. The van der Waals surface area contributed by atoms with Crippen molar-refractivity contribution in [3.8, 4) is 0 Å². The maximum Gasteiger partial charge on any atom is 0.243 e. The Hall–Kier alpha value is -1.95. The van der Waals surface area contributed by atoms with Crippen molar-refractivity contribution in [3.05, 3.63) is 87.6 Å². The first kappa shape index (κ1) is 16.5. The van der Waals surface area contributed by atoms with Crippen LogP contribution < -0.4 is 0 Å². The number of aryl methyl sites for hydroxylation is 1. The summed E-state index contributed by atoms with van der Waals surface area (Å²) in [5.74, 6) is 0. The lowest BCUT2D eigenvalue weighted by Gasteiger charge is -2.36. The molecule has 0 bridgehead atoms. The Labute approximate surface area is 152 Å². The fourth-order valence-corrected chi connectivity index (χ4v) is 5.70. The largest absolute Gasteiger partial charge is 0.243 e. The summed E-state index contributed by atoms with van der Waals surface area (Å²) in [7, 11) is -3.56. The van der Waals surface area contributed by atoms with Gasteiger partial charge in [0.2, 0.25) is 10.0 Å². The minimum absolute atomic E-state index is 0.262. The quantitative estimate of drug-likeness (QED) is 0.686. The number of sulfonamides is 1. The van der Waals surface area contributed by atoms with E-state index in [1.807, 2.05) is 48.0 Å². The van der Waals surface area contributed by atoms with E-state index in [2.05, 4.69) is 12.1 Å². The zero-order chi connectivity index (χ0) is 17.4. The number of hydrogen-bond donors (Lipinski definition) is 0. The van der Waals surface area contributed by atoms with Gasteiger partial charge in [0.15, 0.2) is 0 Å². The topological polar surface area (TPSA) is 37.4 Å². The molecule has 0 aliphatic carbocycles. The van der Waals surface area contributed by atoms with E-state index >= 15 is 0 Å². The van der Waals surface area contributed by atoms with Crippen LogP contribution in [0.4, 0.5) is 0 Å². The molecule has 1 unspecified atom stereocenters. The minimum atomic E-state index is -3.56. The van der Waals surface area contributed by atoms with Gasteiger partial charge in [0, 0.05) is 6.54 Å². The van der Waals surface area contributed by atoms with Crippen LogP contribution in [0.5, 0.6) is 0 Å². The molecule has 0 saturated carbocycles. The van der Waals surface area contributed by atoms with Crippen LogP contribution in [0.15, 0.2) is 70.3 Å². The van der Waals surface area contributed by atoms with Crippen LogP contribution in [-0.2, 0) is 16.4 Å². The van der Waals surface area contributed by atoms with Gasteiger partial charge in [0.25, 0.3) is 0 Å². The highest BCUT2D eigenvalue weighted by Crippen LogP contribution is 2.39. The van der Waals surface area contributed by atoms with Crippen LogP contribution in [0.3, 0.4) is 0 Å². The molecule has 0 radical (unpaired) electrons. The van der Waals surface area contributed by atoms with Crippen molar-refractivity contribution in [1.29, 1.82) is 0 Å². The average Bonchev–Trinajstić information content (AvgIpc) is 3.15. The van der Waals surface area contributed by atoms with Gasteiger partial charge in [-0.25, -0.2) is 8.42 Å². The molecule has 0 saturated heterocycles. The summed E-state index contributed by atoms with van der Waals surface area (Å²) >= 11 is 1.60. The number of thiophene rings is 1. The molecule has 4 rings (SSSR count).